The van der Waals surface area contributed by atoms with Gasteiger partial charge in [0, 0.05) is 0 Å². The first-order chi connectivity index (χ1) is 7.08. The predicted molar refractivity (Wildman–Crippen MR) is 60.9 cm³/mol. The molecule has 0 aromatic heterocycles. The molecule has 0 atom stereocenters. The zero-order valence-electron chi connectivity index (χ0n) is 8.69. The van der Waals surface area contributed by atoms with E-state index in [1.807, 2.05) is 0 Å². The summed E-state index contributed by atoms with van der Waals surface area (Å²) in [7, 11) is 0. The second-order valence-corrected chi connectivity index (χ2v) is 5.40. The van der Waals surface area contributed by atoms with Crippen molar-refractivity contribution in [2.45, 2.75) is 13.8 Å². The molecule has 1 amide bonds. The van der Waals surface area contributed by atoms with Crippen molar-refractivity contribution in [3.63, 3.8) is 0 Å². The Morgan fingerprint density at radius 1 is 1.47 bits per heavy atom. The SMILES string of the molecule is C#CCOC(=O)NP(=S)(OCC)OCC. The minimum absolute atomic E-state index is 0.112. The van der Waals surface area contributed by atoms with Crippen LogP contribution in [0.1, 0.15) is 13.8 Å². The van der Waals surface area contributed by atoms with E-state index in [2.05, 4.69) is 15.7 Å². The fourth-order valence-corrected chi connectivity index (χ4v) is 2.72. The summed E-state index contributed by atoms with van der Waals surface area (Å²) in [6.45, 7) is 1.34. The van der Waals surface area contributed by atoms with Crippen LogP contribution in [0, 0.1) is 12.3 Å². The maximum atomic E-state index is 11.1. The van der Waals surface area contributed by atoms with Crippen molar-refractivity contribution >= 4 is 24.5 Å². The second-order valence-electron chi connectivity index (χ2n) is 2.23. The Kier molecular flexibility index (Phi) is 7.35. The van der Waals surface area contributed by atoms with Gasteiger partial charge in [-0.15, -0.1) is 6.42 Å². The third kappa shape index (κ3) is 6.47. The molecule has 0 unspecified atom stereocenters. The van der Waals surface area contributed by atoms with E-state index < -0.39 is 12.7 Å². The molecule has 0 spiro atoms. The Hall–Kier alpha value is -0.600. The number of terminal acetylenes is 1. The van der Waals surface area contributed by atoms with E-state index in [1.54, 1.807) is 13.8 Å². The minimum atomic E-state index is -2.78. The standard InChI is InChI=1S/C8H14NO4PS/c1-4-7-11-8(10)9-14(15,12-5-2)13-6-3/h1H,5-7H2,2-3H3,(H,9,10,15). The molecule has 0 aliphatic carbocycles. The molecule has 7 heteroatoms. The van der Waals surface area contributed by atoms with Crippen molar-refractivity contribution in [3.8, 4) is 12.3 Å². The first-order valence-corrected chi connectivity index (χ1v) is 6.99. The average Bonchev–Trinajstić information content (AvgIpc) is 2.15. The van der Waals surface area contributed by atoms with Crippen LogP contribution in [-0.2, 0) is 25.6 Å². The number of carbonyl (C=O) groups excluding carboxylic acids is 1. The van der Waals surface area contributed by atoms with E-state index in [-0.39, 0.29) is 6.61 Å². The highest BCUT2D eigenvalue weighted by molar-refractivity contribution is 8.09. The number of carbonyl (C=O) groups is 1. The topological polar surface area (TPSA) is 56.8 Å². The molecule has 15 heavy (non-hydrogen) atoms. The molecule has 0 aromatic rings. The molecule has 0 rings (SSSR count). The summed E-state index contributed by atoms with van der Waals surface area (Å²) >= 11 is 5.03. The molecule has 0 aliphatic rings. The Morgan fingerprint density at radius 2 is 2.00 bits per heavy atom. The summed E-state index contributed by atoms with van der Waals surface area (Å²) in [5, 5.41) is 2.35. The Balaban J connectivity index is 4.22. The van der Waals surface area contributed by atoms with Crippen molar-refractivity contribution in [2.24, 2.45) is 0 Å². The number of amides is 1. The van der Waals surface area contributed by atoms with Crippen LogP contribution in [0.2, 0.25) is 0 Å². The smallest absolute Gasteiger partial charge is 0.415 e. The molecule has 0 saturated heterocycles. The van der Waals surface area contributed by atoms with Crippen molar-refractivity contribution in [2.75, 3.05) is 19.8 Å². The highest BCUT2D eigenvalue weighted by Gasteiger charge is 2.21. The monoisotopic (exact) mass is 251 g/mol. The number of hydrogen-bond donors (Lipinski definition) is 1. The molecule has 0 aromatic carbocycles. The first-order valence-electron chi connectivity index (χ1n) is 4.35. The Labute approximate surface area is 94.7 Å². The van der Waals surface area contributed by atoms with Crippen LogP contribution >= 0.6 is 6.64 Å². The van der Waals surface area contributed by atoms with Crippen LogP contribution in [0.15, 0.2) is 0 Å². The van der Waals surface area contributed by atoms with E-state index in [0.29, 0.717) is 13.2 Å². The summed E-state index contributed by atoms with van der Waals surface area (Å²) in [4.78, 5) is 11.1. The summed E-state index contributed by atoms with van der Waals surface area (Å²) in [6, 6.07) is 0. The number of rotatable bonds is 6. The fraction of sp³-hybridized carbons (Fsp3) is 0.625. The lowest BCUT2D eigenvalue weighted by atomic mass is 10.8. The molecule has 0 fully saturated rings. The normalized spacial score (nSPS) is 10.5. The lowest BCUT2D eigenvalue weighted by Gasteiger charge is -2.20. The van der Waals surface area contributed by atoms with Crippen LogP contribution in [0.25, 0.3) is 0 Å². The maximum absolute atomic E-state index is 11.1. The molecule has 0 heterocycles. The van der Waals surface area contributed by atoms with Crippen LogP contribution in [0.3, 0.4) is 0 Å². The number of nitrogens with one attached hydrogen (secondary N) is 1. The molecule has 0 aliphatic heterocycles. The fourth-order valence-electron chi connectivity index (χ4n) is 0.693. The van der Waals surface area contributed by atoms with Gasteiger partial charge in [0.15, 0.2) is 6.61 Å². The highest BCUT2D eigenvalue weighted by atomic mass is 32.5. The van der Waals surface area contributed by atoms with Gasteiger partial charge in [-0.1, -0.05) is 5.92 Å². The molecule has 0 saturated carbocycles. The largest absolute Gasteiger partial charge is 0.436 e. The van der Waals surface area contributed by atoms with Gasteiger partial charge in [-0.3, -0.25) is 5.09 Å². The van der Waals surface area contributed by atoms with Crippen molar-refractivity contribution in [1.29, 1.82) is 0 Å². The van der Waals surface area contributed by atoms with Crippen LogP contribution in [0.4, 0.5) is 4.79 Å². The molecule has 0 bridgehead atoms. The zero-order chi connectivity index (χ0) is 11.7. The predicted octanol–water partition coefficient (Wildman–Crippen LogP) is 1.64. The lowest BCUT2D eigenvalue weighted by Crippen LogP contribution is -2.23. The summed E-state index contributed by atoms with van der Waals surface area (Å²) in [6.07, 6.45) is 4.20. The van der Waals surface area contributed by atoms with Crippen molar-refractivity contribution in [1.82, 2.24) is 5.09 Å². The Bertz CT molecular complexity index is 279. The molecule has 0 radical (unpaired) electrons. The molecular weight excluding hydrogens is 237 g/mol. The van der Waals surface area contributed by atoms with Gasteiger partial charge in [0.2, 0.25) is 0 Å². The number of hydrogen-bond acceptors (Lipinski definition) is 5. The van der Waals surface area contributed by atoms with Gasteiger partial charge in [-0.2, -0.15) is 0 Å². The van der Waals surface area contributed by atoms with Crippen LogP contribution < -0.4 is 5.09 Å². The Morgan fingerprint density at radius 3 is 2.40 bits per heavy atom. The van der Waals surface area contributed by atoms with Gasteiger partial charge >= 0.3 is 6.09 Å². The summed E-state index contributed by atoms with van der Waals surface area (Å²) in [5.74, 6) is 2.16. The summed E-state index contributed by atoms with van der Waals surface area (Å²) in [5.41, 5.74) is 0. The van der Waals surface area contributed by atoms with E-state index >= 15 is 0 Å². The van der Waals surface area contributed by atoms with E-state index in [9.17, 15) is 4.79 Å². The van der Waals surface area contributed by atoms with Crippen LogP contribution in [0.5, 0.6) is 0 Å². The zero-order valence-corrected chi connectivity index (χ0v) is 10.4. The van der Waals surface area contributed by atoms with E-state index in [0.717, 1.165) is 0 Å². The van der Waals surface area contributed by atoms with Gasteiger partial charge in [0.25, 0.3) is 6.64 Å². The van der Waals surface area contributed by atoms with E-state index in [4.69, 9.17) is 27.3 Å². The third-order valence-electron chi connectivity index (χ3n) is 1.11. The lowest BCUT2D eigenvalue weighted by molar-refractivity contribution is 0.162. The minimum Gasteiger partial charge on any atom is -0.436 e. The van der Waals surface area contributed by atoms with Crippen molar-refractivity contribution in [3.05, 3.63) is 0 Å². The third-order valence-corrected chi connectivity index (χ3v) is 3.67. The highest BCUT2D eigenvalue weighted by Crippen LogP contribution is 2.43. The van der Waals surface area contributed by atoms with Crippen LogP contribution in [-0.4, -0.2) is 25.9 Å². The first kappa shape index (κ1) is 14.4. The average molecular weight is 251 g/mol. The maximum Gasteiger partial charge on any atom is 0.415 e. The van der Waals surface area contributed by atoms with Gasteiger partial charge in [-0.05, 0) is 25.7 Å². The number of ether oxygens (including phenoxy) is 1. The van der Waals surface area contributed by atoms with Gasteiger partial charge < -0.3 is 13.8 Å². The quantitative estimate of drug-likeness (QED) is 0.574. The van der Waals surface area contributed by atoms with Gasteiger partial charge in [0.05, 0.1) is 13.2 Å². The van der Waals surface area contributed by atoms with Gasteiger partial charge in [0.1, 0.15) is 0 Å². The summed E-state index contributed by atoms with van der Waals surface area (Å²) < 4.78 is 14.9. The van der Waals surface area contributed by atoms with Gasteiger partial charge in [-0.25, -0.2) is 4.79 Å². The van der Waals surface area contributed by atoms with Crippen molar-refractivity contribution < 1.29 is 18.6 Å². The molecule has 1 N–H and O–H groups in total. The van der Waals surface area contributed by atoms with E-state index in [1.165, 1.54) is 0 Å². The molecule has 86 valence electrons. The molecule has 5 nitrogen and oxygen atoms in total. The molecular formula is C8H14NO4PS. The second kappa shape index (κ2) is 7.66.